The molecule has 0 spiro atoms. The van der Waals surface area contributed by atoms with E-state index >= 15 is 0 Å². The molecule has 0 amide bonds. The Morgan fingerprint density at radius 2 is 1.88 bits per heavy atom. The fourth-order valence-electron chi connectivity index (χ4n) is 4.92. The van der Waals surface area contributed by atoms with Gasteiger partial charge in [0.15, 0.2) is 11.6 Å². The van der Waals surface area contributed by atoms with Gasteiger partial charge in [0.05, 0.1) is 37.7 Å². The van der Waals surface area contributed by atoms with Crippen molar-refractivity contribution < 1.29 is 9.13 Å². The molecule has 1 fully saturated rings. The first-order chi connectivity index (χ1) is 15.7. The summed E-state index contributed by atoms with van der Waals surface area (Å²) in [5.41, 5.74) is 6.28. The topological polar surface area (TPSA) is 43.7 Å². The van der Waals surface area contributed by atoms with Crippen molar-refractivity contribution in [1.29, 1.82) is 0 Å². The third kappa shape index (κ3) is 3.23. The molecule has 164 valence electrons. The molecule has 7 heteroatoms. The van der Waals surface area contributed by atoms with Gasteiger partial charge in [-0.25, -0.2) is 4.39 Å². The van der Waals surface area contributed by atoms with E-state index in [1.54, 1.807) is 0 Å². The lowest BCUT2D eigenvalue weighted by Crippen LogP contribution is -2.55. The fraction of sp³-hybridized carbons (Fsp3) is 0.360. The molecular formula is C25H26FN5O. The maximum atomic E-state index is 13.4. The van der Waals surface area contributed by atoms with Crippen molar-refractivity contribution in [3.8, 4) is 0 Å². The average molecular weight is 432 g/mol. The van der Waals surface area contributed by atoms with Crippen molar-refractivity contribution >= 4 is 29.6 Å². The summed E-state index contributed by atoms with van der Waals surface area (Å²) >= 11 is 0. The molecule has 32 heavy (non-hydrogen) atoms. The number of amidine groups is 1. The molecule has 2 aromatic rings. The Hall–Kier alpha value is -3.35. The molecular weight excluding hydrogens is 405 g/mol. The highest BCUT2D eigenvalue weighted by molar-refractivity contribution is 6.02. The molecule has 0 aromatic heterocycles. The second-order valence-electron chi connectivity index (χ2n) is 8.68. The molecule has 2 aromatic carbocycles. The molecule has 1 atom stereocenters. The Morgan fingerprint density at radius 1 is 1.03 bits per heavy atom. The van der Waals surface area contributed by atoms with E-state index in [1.807, 2.05) is 18.5 Å². The average Bonchev–Trinajstić information content (AvgIpc) is 3.21. The Balaban J connectivity index is 1.30. The Morgan fingerprint density at radius 3 is 2.62 bits per heavy atom. The highest BCUT2D eigenvalue weighted by atomic mass is 19.1. The van der Waals surface area contributed by atoms with Gasteiger partial charge >= 0.3 is 0 Å². The van der Waals surface area contributed by atoms with Gasteiger partial charge in [0, 0.05) is 12.2 Å². The monoisotopic (exact) mass is 431 g/mol. The molecule has 1 saturated heterocycles. The lowest BCUT2D eigenvalue weighted by atomic mass is 9.82. The van der Waals surface area contributed by atoms with E-state index in [1.165, 1.54) is 34.5 Å². The van der Waals surface area contributed by atoms with Crippen molar-refractivity contribution in [3.05, 3.63) is 64.7 Å². The molecule has 3 heterocycles. The van der Waals surface area contributed by atoms with Crippen molar-refractivity contribution in [2.24, 2.45) is 9.98 Å². The zero-order valence-corrected chi connectivity index (χ0v) is 18.2. The third-order valence-electron chi connectivity index (χ3n) is 6.60. The van der Waals surface area contributed by atoms with Gasteiger partial charge in [-0.2, -0.15) is 0 Å². The smallest absolute Gasteiger partial charge is 0.185 e. The van der Waals surface area contributed by atoms with E-state index in [4.69, 9.17) is 9.73 Å². The van der Waals surface area contributed by atoms with E-state index in [9.17, 15) is 4.39 Å². The number of benzene rings is 2. The summed E-state index contributed by atoms with van der Waals surface area (Å²) in [6.45, 7) is 5.84. The van der Waals surface area contributed by atoms with Crippen LogP contribution in [0.15, 0.2) is 52.1 Å². The van der Waals surface area contributed by atoms with E-state index in [0.29, 0.717) is 19.2 Å². The lowest BCUT2D eigenvalue weighted by Gasteiger charge is -2.44. The SMILES string of the molecule is CC1CN(c2ccc(C=C3OCCN4C3=NCCN4c3ccc(F)cc3)c3c2CC3)C=N1. The van der Waals surface area contributed by atoms with E-state index in [2.05, 4.69) is 45.0 Å². The Kier molecular flexibility index (Phi) is 4.63. The summed E-state index contributed by atoms with van der Waals surface area (Å²) < 4.78 is 19.5. The quantitative estimate of drug-likeness (QED) is 0.744. The summed E-state index contributed by atoms with van der Waals surface area (Å²) in [6, 6.07) is 11.4. The number of anilines is 2. The standard InChI is InChI=1S/C25H26FN5O/c1-17-15-29(16-28-17)23-9-2-18(21-7-8-22(21)23)14-24-25-27-10-11-30(31(25)12-13-32-24)20-5-3-19(26)4-6-20/h2-6,9,14,16-17H,7-8,10-13,15H2,1H3. The number of hydrogen-bond donors (Lipinski definition) is 0. The second-order valence-corrected chi connectivity index (χ2v) is 8.68. The summed E-state index contributed by atoms with van der Waals surface area (Å²) in [4.78, 5) is 11.6. The zero-order valence-electron chi connectivity index (χ0n) is 18.2. The number of rotatable bonds is 3. The molecule has 1 unspecified atom stereocenters. The van der Waals surface area contributed by atoms with Crippen LogP contribution < -0.4 is 9.91 Å². The first-order valence-electron chi connectivity index (χ1n) is 11.3. The van der Waals surface area contributed by atoms with Crippen molar-refractivity contribution in [1.82, 2.24) is 5.01 Å². The Labute approximate surface area is 187 Å². The number of hydrazine groups is 1. The minimum atomic E-state index is -0.224. The summed E-state index contributed by atoms with van der Waals surface area (Å²) in [6.07, 6.45) is 6.30. The summed E-state index contributed by atoms with van der Waals surface area (Å²) in [7, 11) is 0. The van der Waals surface area contributed by atoms with Gasteiger partial charge in [-0.3, -0.25) is 20.0 Å². The maximum absolute atomic E-state index is 13.4. The first-order valence-corrected chi connectivity index (χ1v) is 11.3. The van der Waals surface area contributed by atoms with Crippen molar-refractivity contribution in [2.75, 3.05) is 42.7 Å². The molecule has 6 nitrogen and oxygen atoms in total. The highest BCUT2D eigenvalue weighted by Gasteiger charge is 2.32. The van der Waals surface area contributed by atoms with Gasteiger partial charge in [0.1, 0.15) is 12.4 Å². The molecule has 1 aliphatic carbocycles. The zero-order chi connectivity index (χ0) is 21.7. The van der Waals surface area contributed by atoms with Gasteiger partial charge in [-0.1, -0.05) is 6.07 Å². The van der Waals surface area contributed by atoms with Crippen LogP contribution in [0.2, 0.25) is 0 Å². The van der Waals surface area contributed by atoms with Crippen LogP contribution >= 0.6 is 0 Å². The molecule has 6 rings (SSSR count). The number of fused-ring (bicyclic) bond motifs is 2. The predicted molar refractivity (Wildman–Crippen MR) is 126 cm³/mol. The largest absolute Gasteiger partial charge is 0.488 e. The van der Waals surface area contributed by atoms with E-state index in [-0.39, 0.29) is 5.82 Å². The first kappa shape index (κ1) is 19.3. The van der Waals surface area contributed by atoms with Crippen LogP contribution in [0.1, 0.15) is 23.6 Å². The number of morpholine rings is 1. The number of nitrogens with zero attached hydrogens (tertiary/aromatic N) is 5. The van der Waals surface area contributed by atoms with Crippen LogP contribution in [0, 0.1) is 5.82 Å². The normalized spacial score (nSPS) is 22.9. The molecule has 3 aliphatic heterocycles. The van der Waals surface area contributed by atoms with Gasteiger partial charge in [0.2, 0.25) is 0 Å². The maximum Gasteiger partial charge on any atom is 0.185 e. The summed E-state index contributed by atoms with van der Waals surface area (Å²) in [5, 5.41) is 4.34. The van der Waals surface area contributed by atoms with Crippen LogP contribution in [-0.2, 0) is 17.6 Å². The van der Waals surface area contributed by atoms with Crippen LogP contribution in [0.3, 0.4) is 0 Å². The molecule has 0 bridgehead atoms. The van der Waals surface area contributed by atoms with Gasteiger partial charge < -0.3 is 9.64 Å². The molecule has 0 N–H and O–H groups in total. The Bertz CT molecular complexity index is 1140. The number of aliphatic imine (C=N–C) groups is 2. The molecule has 4 aliphatic rings. The van der Waals surface area contributed by atoms with Crippen molar-refractivity contribution in [3.63, 3.8) is 0 Å². The second kappa shape index (κ2) is 7.65. The lowest BCUT2D eigenvalue weighted by molar-refractivity contribution is 0.160. The van der Waals surface area contributed by atoms with Gasteiger partial charge in [-0.05, 0) is 72.9 Å². The van der Waals surface area contributed by atoms with Crippen molar-refractivity contribution in [2.45, 2.75) is 25.8 Å². The van der Waals surface area contributed by atoms with Crippen LogP contribution in [0.5, 0.6) is 0 Å². The van der Waals surface area contributed by atoms with E-state index < -0.39 is 0 Å². The molecule has 0 radical (unpaired) electrons. The van der Waals surface area contributed by atoms with Gasteiger partial charge in [-0.15, -0.1) is 0 Å². The number of halogens is 1. The highest BCUT2D eigenvalue weighted by Crippen LogP contribution is 2.37. The predicted octanol–water partition coefficient (Wildman–Crippen LogP) is 3.67. The minimum absolute atomic E-state index is 0.224. The van der Waals surface area contributed by atoms with Crippen LogP contribution in [0.25, 0.3) is 6.08 Å². The van der Waals surface area contributed by atoms with Gasteiger partial charge in [0.25, 0.3) is 0 Å². The van der Waals surface area contributed by atoms with Crippen LogP contribution in [0.4, 0.5) is 15.8 Å². The fourth-order valence-corrected chi connectivity index (χ4v) is 4.92. The van der Waals surface area contributed by atoms with Crippen LogP contribution in [-0.4, -0.2) is 56.0 Å². The summed E-state index contributed by atoms with van der Waals surface area (Å²) in [5.74, 6) is 1.43. The minimum Gasteiger partial charge on any atom is -0.488 e. The third-order valence-corrected chi connectivity index (χ3v) is 6.60. The molecule has 0 saturated carbocycles. The number of hydrogen-bond acceptors (Lipinski definition) is 6. The van der Waals surface area contributed by atoms with E-state index in [0.717, 1.165) is 49.8 Å². The number of ether oxygens (including phenoxy) is 1.